The number of amides is 1. The van der Waals surface area contributed by atoms with Crippen molar-refractivity contribution in [2.75, 3.05) is 29.6 Å². The molecule has 1 saturated heterocycles. The number of carbonyl (C=O) groups is 1. The Morgan fingerprint density at radius 1 is 1.26 bits per heavy atom. The largest absolute Gasteiger partial charge is 0.388 e. The molecule has 2 unspecified atom stereocenters. The molecule has 4 rings (SSSR count). The number of carbonyl (C=O) groups excluding carboxylic acids is 1. The molecule has 2 fully saturated rings. The van der Waals surface area contributed by atoms with Crippen molar-refractivity contribution in [3.63, 3.8) is 0 Å². The fourth-order valence-electron chi connectivity index (χ4n) is 4.73. The molecule has 2 atom stereocenters. The molecule has 12 heteroatoms. The van der Waals surface area contributed by atoms with Crippen LogP contribution in [0.1, 0.15) is 44.6 Å². The molecule has 3 aliphatic rings. The number of aromatic nitrogens is 2. The topological polar surface area (TPSA) is 116 Å². The predicted octanol–water partition coefficient (Wildman–Crippen LogP) is 1.14. The van der Waals surface area contributed by atoms with Crippen LogP contribution >= 0.6 is 0 Å². The summed E-state index contributed by atoms with van der Waals surface area (Å²) in [6, 6.07) is -0.870. The molecule has 3 heterocycles. The van der Waals surface area contributed by atoms with Crippen molar-refractivity contribution in [2.45, 2.75) is 69.1 Å². The summed E-state index contributed by atoms with van der Waals surface area (Å²) in [6.45, 7) is 2.28. The average Bonchev–Trinajstić information content (AvgIpc) is 3.02. The number of nitrogens with one attached hydrogen (secondary N) is 1. The van der Waals surface area contributed by atoms with Crippen molar-refractivity contribution in [1.29, 1.82) is 0 Å². The van der Waals surface area contributed by atoms with Crippen molar-refractivity contribution < 1.29 is 27.1 Å². The van der Waals surface area contributed by atoms with Crippen LogP contribution in [0.25, 0.3) is 0 Å². The van der Waals surface area contributed by atoms with E-state index in [0.29, 0.717) is 45.2 Å². The normalized spacial score (nSPS) is 29.8. The van der Waals surface area contributed by atoms with Crippen LogP contribution in [0.3, 0.4) is 0 Å². The first-order valence-electron chi connectivity index (χ1n) is 10.4. The first-order chi connectivity index (χ1) is 14.4. The Morgan fingerprint density at radius 3 is 2.52 bits per heavy atom. The van der Waals surface area contributed by atoms with Crippen molar-refractivity contribution in [2.24, 2.45) is 0 Å². The van der Waals surface area contributed by atoms with Crippen LogP contribution in [0.5, 0.6) is 0 Å². The highest BCUT2D eigenvalue weighted by Gasteiger charge is 2.54. The fourth-order valence-corrected chi connectivity index (χ4v) is 5.60. The van der Waals surface area contributed by atoms with Gasteiger partial charge in [0.15, 0.2) is 0 Å². The maximum atomic E-state index is 14.4. The van der Waals surface area contributed by atoms with E-state index in [9.17, 15) is 27.1 Å². The van der Waals surface area contributed by atoms with Gasteiger partial charge in [0.05, 0.1) is 24.3 Å². The summed E-state index contributed by atoms with van der Waals surface area (Å²) >= 11 is 0. The van der Waals surface area contributed by atoms with Gasteiger partial charge in [-0.1, -0.05) is 0 Å². The summed E-state index contributed by atoms with van der Waals surface area (Å²) in [4.78, 5) is 22.1. The predicted molar refractivity (Wildman–Crippen MR) is 109 cm³/mol. The minimum Gasteiger partial charge on any atom is -0.388 e. The van der Waals surface area contributed by atoms with E-state index in [-0.39, 0.29) is 23.4 Å². The van der Waals surface area contributed by atoms with E-state index < -0.39 is 39.9 Å². The zero-order valence-corrected chi connectivity index (χ0v) is 18.3. The van der Waals surface area contributed by atoms with Crippen LogP contribution in [-0.4, -0.2) is 76.7 Å². The van der Waals surface area contributed by atoms with Gasteiger partial charge < -0.3 is 10.4 Å². The third kappa shape index (κ3) is 4.24. The number of nitrogens with zero attached hydrogens (tertiary/aromatic N) is 4. The van der Waals surface area contributed by atoms with Gasteiger partial charge in [0.1, 0.15) is 5.82 Å². The maximum Gasteiger partial charge on any atom is 0.329 e. The van der Waals surface area contributed by atoms with Crippen LogP contribution in [0.4, 0.5) is 20.5 Å². The smallest absolute Gasteiger partial charge is 0.329 e. The fraction of sp³-hybridized carbons (Fsp3) is 0.737. The van der Waals surface area contributed by atoms with Gasteiger partial charge >= 0.3 is 5.92 Å². The number of rotatable bonds is 4. The number of piperidine rings is 1. The second kappa shape index (κ2) is 7.59. The van der Waals surface area contributed by atoms with Gasteiger partial charge in [0, 0.05) is 30.9 Å². The quantitative estimate of drug-likeness (QED) is 0.694. The van der Waals surface area contributed by atoms with Gasteiger partial charge in [0.25, 0.3) is 5.91 Å². The van der Waals surface area contributed by atoms with Gasteiger partial charge in [-0.15, -0.1) is 0 Å². The van der Waals surface area contributed by atoms with Crippen LogP contribution < -0.4 is 10.2 Å². The molecule has 0 bridgehead atoms. The number of anilines is 2. The Balaban J connectivity index is 1.59. The first kappa shape index (κ1) is 22.3. The Morgan fingerprint density at radius 2 is 1.94 bits per heavy atom. The van der Waals surface area contributed by atoms with E-state index in [1.807, 2.05) is 0 Å². The molecule has 0 radical (unpaired) electrons. The molecular formula is C19H27F2N5O4S. The molecule has 1 aromatic rings. The number of sulfonamides is 1. The number of fused-ring (bicyclic) bond motifs is 1. The molecule has 31 heavy (non-hydrogen) atoms. The Labute approximate surface area is 179 Å². The van der Waals surface area contributed by atoms with E-state index in [1.165, 1.54) is 16.8 Å². The number of alkyl halides is 2. The molecule has 1 aromatic heterocycles. The lowest BCUT2D eigenvalue weighted by molar-refractivity contribution is -0.145. The summed E-state index contributed by atoms with van der Waals surface area (Å²) in [5.74, 6) is -4.63. The maximum absolute atomic E-state index is 14.4. The summed E-state index contributed by atoms with van der Waals surface area (Å²) in [5.41, 5.74) is -1.12. The minimum absolute atomic E-state index is 0.0835. The second-order valence-corrected chi connectivity index (χ2v) is 10.9. The van der Waals surface area contributed by atoms with Crippen molar-refractivity contribution in [3.8, 4) is 0 Å². The van der Waals surface area contributed by atoms with Gasteiger partial charge in [0.2, 0.25) is 16.0 Å². The first-order valence-corrected chi connectivity index (χ1v) is 12.2. The number of halogens is 2. The summed E-state index contributed by atoms with van der Waals surface area (Å²) in [5, 5.41) is 13.8. The Kier molecular flexibility index (Phi) is 5.46. The highest BCUT2D eigenvalue weighted by molar-refractivity contribution is 7.88. The van der Waals surface area contributed by atoms with Crippen LogP contribution in [-0.2, 0) is 21.2 Å². The Bertz CT molecular complexity index is 980. The summed E-state index contributed by atoms with van der Waals surface area (Å²) in [6.07, 6.45) is 4.23. The molecule has 0 aromatic carbocycles. The summed E-state index contributed by atoms with van der Waals surface area (Å²) < 4.78 is 53.6. The van der Waals surface area contributed by atoms with Crippen LogP contribution in [0, 0.1) is 0 Å². The number of hydrogen-bond acceptors (Lipinski definition) is 7. The number of hydrogen-bond donors (Lipinski definition) is 2. The zero-order chi connectivity index (χ0) is 22.6. The van der Waals surface area contributed by atoms with Gasteiger partial charge in [-0.3, -0.25) is 9.69 Å². The average molecular weight is 460 g/mol. The molecule has 9 nitrogen and oxygen atoms in total. The minimum atomic E-state index is -3.58. The Hall–Kier alpha value is -1.92. The van der Waals surface area contributed by atoms with Gasteiger partial charge in [-0.25, -0.2) is 17.7 Å². The molecule has 172 valence electrons. The van der Waals surface area contributed by atoms with Crippen molar-refractivity contribution in [3.05, 3.63) is 11.8 Å². The lowest BCUT2D eigenvalue weighted by Gasteiger charge is -2.41. The SMILES string of the molecule is CC1(O)CCCC1N1C(=O)C(F)(F)Cc2cnc(NC3CCN(S(C)(=O)=O)CC3)nc21. The van der Waals surface area contributed by atoms with E-state index in [0.717, 1.165) is 4.90 Å². The van der Waals surface area contributed by atoms with E-state index >= 15 is 0 Å². The van der Waals surface area contributed by atoms with Crippen LogP contribution in [0.15, 0.2) is 6.20 Å². The third-order valence-corrected chi connectivity index (χ3v) is 7.76. The zero-order valence-electron chi connectivity index (χ0n) is 17.5. The van der Waals surface area contributed by atoms with Crippen LogP contribution in [0.2, 0.25) is 0 Å². The van der Waals surface area contributed by atoms with Gasteiger partial charge in [-0.2, -0.15) is 13.8 Å². The van der Waals surface area contributed by atoms with Crippen molar-refractivity contribution >= 4 is 27.7 Å². The molecular weight excluding hydrogens is 432 g/mol. The molecule has 1 aliphatic carbocycles. The molecule has 2 aliphatic heterocycles. The molecule has 1 amide bonds. The second-order valence-electron chi connectivity index (χ2n) is 8.94. The van der Waals surface area contributed by atoms with E-state index in [4.69, 9.17) is 0 Å². The highest BCUT2D eigenvalue weighted by Crippen LogP contribution is 2.42. The van der Waals surface area contributed by atoms with Gasteiger partial charge in [-0.05, 0) is 39.0 Å². The number of aliphatic hydroxyl groups is 1. The summed E-state index contributed by atoms with van der Waals surface area (Å²) in [7, 11) is -3.24. The molecule has 1 saturated carbocycles. The lowest BCUT2D eigenvalue weighted by Crippen LogP contribution is -2.58. The molecule has 0 spiro atoms. The lowest BCUT2D eigenvalue weighted by atomic mass is 9.94. The standard InChI is InChI=1S/C19H27F2N5O4S/c1-18(28)7-3-4-14(18)26-15-12(10-19(20,21)16(26)27)11-22-17(24-15)23-13-5-8-25(9-6-13)31(2,29)30/h11,13-14,28H,3-10H2,1-2H3,(H,22,23,24). The highest BCUT2D eigenvalue weighted by atomic mass is 32.2. The van der Waals surface area contributed by atoms with E-state index in [2.05, 4.69) is 15.3 Å². The monoisotopic (exact) mass is 459 g/mol. The molecule has 2 N–H and O–H groups in total. The van der Waals surface area contributed by atoms with Crippen molar-refractivity contribution in [1.82, 2.24) is 14.3 Å². The van der Waals surface area contributed by atoms with E-state index in [1.54, 1.807) is 6.92 Å². The third-order valence-electron chi connectivity index (χ3n) is 6.46.